The minimum Gasteiger partial charge on any atom is -0.393 e. The summed E-state index contributed by atoms with van der Waals surface area (Å²) in [5.74, 6) is -0.0880. The maximum Gasteiger partial charge on any atom is 0.244 e. The van der Waals surface area contributed by atoms with Crippen molar-refractivity contribution in [3.05, 3.63) is 24.3 Å². The van der Waals surface area contributed by atoms with E-state index in [0.717, 1.165) is 0 Å². The Bertz CT molecular complexity index is 227. The van der Waals surface area contributed by atoms with Gasteiger partial charge in [-0.25, -0.2) is 0 Å². The van der Waals surface area contributed by atoms with Crippen molar-refractivity contribution in [3.63, 3.8) is 0 Å². The number of carbonyl (C=O) groups is 1. The summed E-state index contributed by atoms with van der Waals surface area (Å²) in [7, 11) is 0. The monoisotopic (exact) mass is 181 g/mol. The summed E-state index contributed by atoms with van der Waals surface area (Å²) in [6.07, 6.45) is 8.00. The van der Waals surface area contributed by atoms with E-state index in [1.807, 2.05) is 13.0 Å². The number of aliphatic hydroxyl groups excluding tert-OH is 1. The zero-order chi connectivity index (χ0) is 9.68. The van der Waals surface area contributed by atoms with Crippen molar-refractivity contribution >= 4 is 5.91 Å². The predicted molar refractivity (Wildman–Crippen MR) is 51.1 cm³/mol. The highest BCUT2D eigenvalue weighted by Crippen LogP contribution is 2.18. The van der Waals surface area contributed by atoms with Crippen LogP contribution in [0.3, 0.4) is 0 Å². The lowest BCUT2D eigenvalue weighted by Gasteiger charge is -2.31. The Kier molecular flexibility index (Phi) is 3.71. The Hall–Kier alpha value is -1.09. The molecule has 1 aliphatic carbocycles. The summed E-state index contributed by atoms with van der Waals surface area (Å²) >= 11 is 0. The van der Waals surface area contributed by atoms with E-state index in [9.17, 15) is 4.79 Å². The quantitative estimate of drug-likeness (QED) is 0.499. The van der Waals surface area contributed by atoms with Gasteiger partial charge in [0.25, 0.3) is 0 Å². The van der Waals surface area contributed by atoms with Gasteiger partial charge in [-0.2, -0.15) is 0 Å². The van der Waals surface area contributed by atoms with Crippen molar-refractivity contribution < 1.29 is 9.90 Å². The van der Waals surface area contributed by atoms with Crippen LogP contribution in [-0.4, -0.2) is 23.2 Å². The van der Waals surface area contributed by atoms with Crippen molar-refractivity contribution in [1.29, 1.82) is 0 Å². The van der Waals surface area contributed by atoms with Crippen LogP contribution in [0, 0.1) is 0 Å². The van der Waals surface area contributed by atoms with E-state index in [2.05, 4.69) is 5.32 Å². The third-order valence-electron chi connectivity index (χ3n) is 2.01. The van der Waals surface area contributed by atoms with Crippen LogP contribution in [0.4, 0.5) is 0 Å². The highest BCUT2D eigenvalue weighted by Gasteiger charge is 2.27. The molecular weight excluding hydrogens is 166 g/mol. The van der Waals surface area contributed by atoms with Crippen molar-refractivity contribution in [2.24, 2.45) is 0 Å². The summed E-state index contributed by atoms with van der Waals surface area (Å²) in [5.41, 5.74) is 0. The van der Waals surface area contributed by atoms with Crippen molar-refractivity contribution in [2.45, 2.75) is 31.9 Å². The first-order valence-electron chi connectivity index (χ1n) is 4.50. The molecule has 0 radical (unpaired) electrons. The molecule has 3 nitrogen and oxygen atoms in total. The fourth-order valence-corrected chi connectivity index (χ4v) is 1.21. The van der Waals surface area contributed by atoms with Gasteiger partial charge in [-0.3, -0.25) is 4.79 Å². The van der Waals surface area contributed by atoms with Crippen LogP contribution in [0.25, 0.3) is 0 Å². The molecule has 0 atom stereocenters. The summed E-state index contributed by atoms with van der Waals surface area (Å²) in [5, 5.41) is 11.8. The molecule has 0 spiro atoms. The van der Waals surface area contributed by atoms with E-state index in [1.165, 1.54) is 6.08 Å². The molecule has 0 bridgehead atoms. The molecule has 0 heterocycles. The van der Waals surface area contributed by atoms with Gasteiger partial charge in [0.15, 0.2) is 0 Å². The molecule has 0 aromatic heterocycles. The lowest BCUT2D eigenvalue weighted by atomic mass is 9.89. The molecule has 13 heavy (non-hydrogen) atoms. The van der Waals surface area contributed by atoms with Crippen LogP contribution in [-0.2, 0) is 4.79 Å². The maximum atomic E-state index is 11.1. The standard InChI is InChI=1S/C10H15NO2/c1-2-3-4-5-10(13)11-8-6-9(12)7-8/h2-5,8-9,12H,6-7H2,1H3,(H,11,13). The first kappa shape index (κ1) is 9.99. The van der Waals surface area contributed by atoms with Crippen molar-refractivity contribution in [3.8, 4) is 0 Å². The van der Waals surface area contributed by atoms with Gasteiger partial charge >= 0.3 is 0 Å². The van der Waals surface area contributed by atoms with E-state index >= 15 is 0 Å². The molecule has 0 aliphatic heterocycles. The topological polar surface area (TPSA) is 49.3 Å². The van der Waals surface area contributed by atoms with Gasteiger partial charge in [0.2, 0.25) is 5.91 Å². The second-order valence-corrected chi connectivity index (χ2v) is 3.22. The molecule has 2 N–H and O–H groups in total. The summed E-state index contributed by atoms with van der Waals surface area (Å²) in [6, 6.07) is 0.165. The number of aliphatic hydroxyl groups is 1. The molecule has 3 heteroatoms. The van der Waals surface area contributed by atoms with E-state index < -0.39 is 0 Å². The molecule has 1 saturated carbocycles. The molecule has 0 aromatic carbocycles. The largest absolute Gasteiger partial charge is 0.393 e. The van der Waals surface area contributed by atoms with E-state index in [0.29, 0.717) is 12.8 Å². The number of allylic oxidation sites excluding steroid dienone is 3. The average molecular weight is 181 g/mol. The van der Waals surface area contributed by atoms with Crippen LogP contribution in [0.2, 0.25) is 0 Å². The van der Waals surface area contributed by atoms with Crippen LogP contribution in [0.1, 0.15) is 19.8 Å². The Balaban J connectivity index is 2.18. The van der Waals surface area contributed by atoms with Gasteiger partial charge in [-0.15, -0.1) is 0 Å². The maximum absolute atomic E-state index is 11.1. The third-order valence-corrected chi connectivity index (χ3v) is 2.01. The molecule has 0 saturated heterocycles. The van der Waals surface area contributed by atoms with Crippen molar-refractivity contribution in [1.82, 2.24) is 5.32 Å². The van der Waals surface area contributed by atoms with Gasteiger partial charge in [-0.1, -0.05) is 18.2 Å². The molecule has 1 fully saturated rings. The number of carbonyl (C=O) groups excluding carboxylic acids is 1. The number of amides is 1. The lowest BCUT2D eigenvalue weighted by molar-refractivity contribution is -0.118. The van der Waals surface area contributed by atoms with Crippen LogP contribution >= 0.6 is 0 Å². The smallest absolute Gasteiger partial charge is 0.244 e. The summed E-state index contributed by atoms with van der Waals surface area (Å²) < 4.78 is 0. The minimum absolute atomic E-state index is 0.0880. The van der Waals surface area contributed by atoms with Gasteiger partial charge in [-0.05, 0) is 19.8 Å². The first-order valence-corrected chi connectivity index (χ1v) is 4.50. The molecule has 1 rings (SSSR count). The average Bonchev–Trinajstić information content (AvgIpc) is 2.02. The first-order chi connectivity index (χ1) is 6.22. The van der Waals surface area contributed by atoms with Gasteiger partial charge in [0, 0.05) is 12.1 Å². The van der Waals surface area contributed by atoms with Crippen molar-refractivity contribution in [2.75, 3.05) is 0 Å². The minimum atomic E-state index is -0.218. The van der Waals surface area contributed by atoms with Gasteiger partial charge in [0.1, 0.15) is 0 Å². The molecule has 1 aliphatic rings. The Morgan fingerprint density at radius 1 is 1.46 bits per heavy atom. The van der Waals surface area contributed by atoms with Crippen LogP contribution < -0.4 is 5.32 Å². The molecule has 72 valence electrons. The summed E-state index contributed by atoms with van der Waals surface area (Å²) in [6.45, 7) is 1.89. The molecular formula is C10H15NO2. The number of rotatable bonds is 3. The van der Waals surface area contributed by atoms with E-state index in [-0.39, 0.29) is 18.1 Å². The Labute approximate surface area is 78.1 Å². The summed E-state index contributed by atoms with van der Waals surface area (Å²) in [4.78, 5) is 11.1. The van der Waals surface area contributed by atoms with Gasteiger partial charge < -0.3 is 10.4 Å². The SMILES string of the molecule is CC=CC=CC(=O)NC1CC(O)C1. The van der Waals surface area contributed by atoms with E-state index in [1.54, 1.807) is 12.2 Å². The van der Waals surface area contributed by atoms with Crippen LogP contribution in [0.5, 0.6) is 0 Å². The fraction of sp³-hybridized carbons (Fsp3) is 0.500. The normalized spacial score (nSPS) is 27.8. The zero-order valence-electron chi connectivity index (χ0n) is 7.73. The number of nitrogens with one attached hydrogen (secondary N) is 1. The zero-order valence-corrected chi connectivity index (χ0v) is 7.73. The second kappa shape index (κ2) is 4.82. The molecule has 0 aromatic rings. The fourth-order valence-electron chi connectivity index (χ4n) is 1.21. The molecule has 0 unspecified atom stereocenters. The number of hydrogen-bond donors (Lipinski definition) is 2. The Morgan fingerprint density at radius 3 is 2.69 bits per heavy atom. The second-order valence-electron chi connectivity index (χ2n) is 3.22. The van der Waals surface area contributed by atoms with Gasteiger partial charge in [0.05, 0.1) is 6.10 Å². The van der Waals surface area contributed by atoms with E-state index in [4.69, 9.17) is 5.11 Å². The number of hydrogen-bond acceptors (Lipinski definition) is 2. The van der Waals surface area contributed by atoms with Crippen LogP contribution in [0.15, 0.2) is 24.3 Å². The highest BCUT2D eigenvalue weighted by molar-refractivity contribution is 5.88. The highest BCUT2D eigenvalue weighted by atomic mass is 16.3. The Morgan fingerprint density at radius 2 is 2.15 bits per heavy atom. The molecule has 1 amide bonds. The lowest BCUT2D eigenvalue weighted by Crippen LogP contribution is -2.46. The third kappa shape index (κ3) is 3.42. The predicted octanol–water partition coefficient (Wildman–Crippen LogP) is 0.758.